The van der Waals surface area contributed by atoms with Gasteiger partial charge in [0.05, 0.1) is 4.92 Å². The van der Waals surface area contributed by atoms with E-state index in [-0.39, 0.29) is 10.6 Å². The fourth-order valence-electron chi connectivity index (χ4n) is 3.45. The Morgan fingerprint density at radius 3 is 2.46 bits per heavy atom. The number of aromatic amines is 1. The number of aromatic nitrogens is 1. The number of non-ortho nitro benzene ring substituents is 1. The van der Waals surface area contributed by atoms with Crippen molar-refractivity contribution >= 4 is 27.5 Å². The molecule has 126 valence electrons. The number of hydrogen-bond donors (Lipinski definition) is 1. The Balaban J connectivity index is 1.98. The van der Waals surface area contributed by atoms with E-state index in [1.807, 2.05) is 0 Å². The summed E-state index contributed by atoms with van der Waals surface area (Å²) < 4.78 is 0. The van der Waals surface area contributed by atoms with Crippen LogP contribution in [-0.2, 0) is 6.42 Å². The number of hydrogen-bond acceptors (Lipinski definition) is 2. The first-order valence-corrected chi connectivity index (χ1v) is 8.81. The van der Waals surface area contributed by atoms with Crippen molar-refractivity contribution in [2.45, 2.75) is 46.0 Å². The normalized spacial score (nSPS) is 12.8. The Labute approximate surface area is 142 Å². The Kier molecular flexibility index (Phi) is 4.84. The molecule has 3 rings (SSSR count). The minimum absolute atomic E-state index is 0.142. The van der Waals surface area contributed by atoms with Crippen LogP contribution >= 0.6 is 0 Å². The minimum Gasteiger partial charge on any atom is -0.355 e. The number of nitro benzene ring substituents is 1. The number of fused-ring (bicyclic) bond motifs is 3. The Morgan fingerprint density at radius 2 is 1.79 bits per heavy atom. The van der Waals surface area contributed by atoms with Crippen molar-refractivity contribution in [2.75, 3.05) is 0 Å². The van der Waals surface area contributed by atoms with Gasteiger partial charge in [0.1, 0.15) is 0 Å². The standard InChI is InChI=1S/C20H24N2O2/c1-3-5-6-14(4-2)11-15-7-9-19-17(12-15)18-13-16(22(23)24)8-10-20(18)21-19/h7-10,12-14,21H,3-6,11H2,1-2H3. The average molecular weight is 324 g/mol. The van der Waals surface area contributed by atoms with Gasteiger partial charge in [-0.1, -0.05) is 45.6 Å². The molecule has 1 heterocycles. The SMILES string of the molecule is CCCCC(CC)Cc1ccc2[nH]c3ccc([N+](=O)[O-])cc3c2c1. The third-order valence-corrected chi connectivity index (χ3v) is 4.93. The summed E-state index contributed by atoms with van der Waals surface area (Å²) in [7, 11) is 0. The third-order valence-electron chi connectivity index (χ3n) is 4.93. The van der Waals surface area contributed by atoms with E-state index in [2.05, 4.69) is 37.0 Å². The van der Waals surface area contributed by atoms with E-state index in [1.165, 1.54) is 31.2 Å². The number of nitrogens with one attached hydrogen (secondary N) is 1. The lowest BCUT2D eigenvalue weighted by Gasteiger charge is -2.14. The zero-order chi connectivity index (χ0) is 17.1. The van der Waals surface area contributed by atoms with Crippen LogP contribution < -0.4 is 0 Å². The summed E-state index contributed by atoms with van der Waals surface area (Å²) in [6.45, 7) is 4.49. The highest BCUT2D eigenvalue weighted by Crippen LogP contribution is 2.30. The van der Waals surface area contributed by atoms with Crippen LogP contribution in [-0.4, -0.2) is 9.91 Å². The van der Waals surface area contributed by atoms with Crippen LogP contribution in [0.2, 0.25) is 0 Å². The van der Waals surface area contributed by atoms with Crippen LogP contribution in [0.1, 0.15) is 45.1 Å². The van der Waals surface area contributed by atoms with Crippen molar-refractivity contribution < 1.29 is 4.92 Å². The first-order valence-electron chi connectivity index (χ1n) is 8.81. The molecule has 1 N–H and O–H groups in total. The van der Waals surface area contributed by atoms with Gasteiger partial charge in [0.15, 0.2) is 0 Å². The van der Waals surface area contributed by atoms with E-state index in [9.17, 15) is 10.1 Å². The number of H-pyrrole nitrogens is 1. The van der Waals surface area contributed by atoms with E-state index in [0.717, 1.165) is 28.2 Å². The summed E-state index contributed by atoms with van der Waals surface area (Å²) in [4.78, 5) is 14.1. The van der Waals surface area contributed by atoms with Crippen molar-refractivity contribution in [1.82, 2.24) is 4.98 Å². The first kappa shape index (κ1) is 16.5. The molecule has 0 saturated carbocycles. The molecular weight excluding hydrogens is 300 g/mol. The molecule has 0 saturated heterocycles. The molecule has 24 heavy (non-hydrogen) atoms. The predicted octanol–water partition coefficient (Wildman–Crippen LogP) is 5.99. The molecule has 0 aliphatic carbocycles. The molecule has 0 aliphatic heterocycles. The van der Waals surface area contributed by atoms with Gasteiger partial charge in [0.2, 0.25) is 0 Å². The molecule has 0 bridgehead atoms. The second-order valence-corrected chi connectivity index (χ2v) is 6.61. The number of nitro groups is 1. The highest BCUT2D eigenvalue weighted by atomic mass is 16.6. The topological polar surface area (TPSA) is 58.9 Å². The summed E-state index contributed by atoms with van der Waals surface area (Å²) in [5, 5.41) is 13.1. The van der Waals surface area contributed by atoms with Crippen molar-refractivity contribution in [3.05, 3.63) is 52.1 Å². The molecule has 1 aromatic heterocycles. The zero-order valence-corrected chi connectivity index (χ0v) is 14.3. The largest absolute Gasteiger partial charge is 0.355 e. The third kappa shape index (κ3) is 3.28. The summed E-state index contributed by atoms with van der Waals surface area (Å²) in [6.07, 6.45) is 6.05. The van der Waals surface area contributed by atoms with Gasteiger partial charge in [0.25, 0.3) is 5.69 Å². The van der Waals surface area contributed by atoms with Crippen molar-refractivity contribution in [3.63, 3.8) is 0 Å². The summed E-state index contributed by atoms with van der Waals surface area (Å²) in [6, 6.07) is 11.5. The lowest BCUT2D eigenvalue weighted by Crippen LogP contribution is -2.03. The van der Waals surface area contributed by atoms with Crippen LogP contribution in [0.4, 0.5) is 5.69 Å². The lowest BCUT2D eigenvalue weighted by molar-refractivity contribution is -0.384. The Bertz CT molecular complexity index is 867. The number of unbranched alkanes of at least 4 members (excludes halogenated alkanes) is 1. The van der Waals surface area contributed by atoms with Gasteiger partial charge < -0.3 is 4.98 Å². The molecule has 0 radical (unpaired) electrons. The molecular formula is C20H24N2O2. The molecule has 1 unspecified atom stereocenters. The molecule has 4 nitrogen and oxygen atoms in total. The maximum Gasteiger partial charge on any atom is 0.270 e. The molecule has 0 aliphatic rings. The maximum atomic E-state index is 11.0. The quantitative estimate of drug-likeness (QED) is 0.429. The van der Waals surface area contributed by atoms with Crippen molar-refractivity contribution in [2.24, 2.45) is 5.92 Å². The van der Waals surface area contributed by atoms with Crippen LogP contribution in [0.15, 0.2) is 36.4 Å². The van der Waals surface area contributed by atoms with Crippen LogP contribution in [0.25, 0.3) is 21.8 Å². The molecule has 2 aromatic carbocycles. The number of nitrogens with zero attached hydrogens (tertiary/aromatic N) is 1. The van der Waals surface area contributed by atoms with E-state index in [0.29, 0.717) is 5.92 Å². The molecule has 4 heteroatoms. The van der Waals surface area contributed by atoms with Crippen molar-refractivity contribution in [1.29, 1.82) is 0 Å². The van der Waals surface area contributed by atoms with E-state index in [1.54, 1.807) is 18.2 Å². The second-order valence-electron chi connectivity index (χ2n) is 6.61. The first-order chi connectivity index (χ1) is 11.6. The van der Waals surface area contributed by atoms with E-state index >= 15 is 0 Å². The van der Waals surface area contributed by atoms with Crippen molar-refractivity contribution in [3.8, 4) is 0 Å². The van der Waals surface area contributed by atoms with Gasteiger partial charge in [-0.15, -0.1) is 0 Å². The number of benzene rings is 2. The fraction of sp³-hybridized carbons (Fsp3) is 0.400. The van der Waals surface area contributed by atoms with Gasteiger partial charge >= 0.3 is 0 Å². The molecule has 0 fully saturated rings. The zero-order valence-electron chi connectivity index (χ0n) is 14.3. The lowest BCUT2D eigenvalue weighted by atomic mass is 9.91. The van der Waals surface area contributed by atoms with E-state index in [4.69, 9.17) is 0 Å². The van der Waals surface area contributed by atoms with Gasteiger partial charge in [-0.3, -0.25) is 10.1 Å². The average Bonchev–Trinajstić information content (AvgIpc) is 2.95. The maximum absolute atomic E-state index is 11.0. The fourth-order valence-corrected chi connectivity index (χ4v) is 3.45. The van der Waals surface area contributed by atoms with Gasteiger partial charge in [-0.05, 0) is 36.1 Å². The predicted molar refractivity (Wildman–Crippen MR) is 99.5 cm³/mol. The van der Waals surface area contributed by atoms with Crippen LogP contribution in [0.3, 0.4) is 0 Å². The monoisotopic (exact) mass is 324 g/mol. The Hall–Kier alpha value is -2.36. The highest BCUT2D eigenvalue weighted by molar-refractivity contribution is 6.08. The Morgan fingerprint density at radius 1 is 1.08 bits per heavy atom. The summed E-state index contributed by atoms with van der Waals surface area (Å²) in [5.74, 6) is 0.710. The molecule has 0 amide bonds. The van der Waals surface area contributed by atoms with Gasteiger partial charge in [-0.25, -0.2) is 0 Å². The summed E-state index contributed by atoms with van der Waals surface area (Å²) >= 11 is 0. The van der Waals surface area contributed by atoms with Crippen LogP contribution in [0, 0.1) is 16.0 Å². The van der Waals surface area contributed by atoms with Crippen LogP contribution in [0.5, 0.6) is 0 Å². The van der Waals surface area contributed by atoms with Gasteiger partial charge in [0, 0.05) is 33.9 Å². The van der Waals surface area contributed by atoms with Gasteiger partial charge in [-0.2, -0.15) is 0 Å². The minimum atomic E-state index is -0.333. The molecule has 1 atom stereocenters. The molecule has 3 aromatic rings. The van der Waals surface area contributed by atoms with E-state index < -0.39 is 0 Å². The second kappa shape index (κ2) is 7.04. The highest BCUT2D eigenvalue weighted by Gasteiger charge is 2.12. The number of rotatable bonds is 7. The smallest absolute Gasteiger partial charge is 0.270 e. The molecule has 0 spiro atoms. The summed E-state index contributed by atoms with van der Waals surface area (Å²) in [5.41, 5.74) is 3.45.